The van der Waals surface area contributed by atoms with E-state index in [1.54, 1.807) is 6.07 Å². The van der Waals surface area contributed by atoms with Gasteiger partial charge in [-0.3, -0.25) is 10.1 Å². The predicted octanol–water partition coefficient (Wildman–Crippen LogP) is 2.59. The lowest BCUT2D eigenvalue weighted by Gasteiger charge is -2.37. The third-order valence-electron chi connectivity index (χ3n) is 5.43. The van der Waals surface area contributed by atoms with Gasteiger partial charge in [0.25, 0.3) is 5.91 Å². The topological polar surface area (TPSA) is 99.1 Å². The van der Waals surface area contributed by atoms with E-state index in [-0.39, 0.29) is 17.9 Å². The molecule has 1 aromatic carbocycles. The van der Waals surface area contributed by atoms with E-state index in [2.05, 4.69) is 10.6 Å². The molecule has 1 amide bonds. The van der Waals surface area contributed by atoms with Crippen molar-refractivity contribution in [3.8, 4) is 6.07 Å². The molecule has 2 saturated carbocycles. The summed E-state index contributed by atoms with van der Waals surface area (Å²) in [6.45, 7) is 0. The molecule has 0 spiro atoms. The van der Waals surface area contributed by atoms with Crippen LogP contribution in [0.4, 0.5) is 13.2 Å². The van der Waals surface area contributed by atoms with E-state index in [9.17, 15) is 31.6 Å². The number of halogens is 3. The van der Waals surface area contributed by atoms with Crippen LogP contribution in [0.5, 0.6) is 0 Å². The van der Waals surface area contributed by atoms with Crippen molar-refractivity contribution in [2.75, 3.05) is 6.26 Å². The number of rotatable bonds is 8. The van der Waals surface area contributed by atoms with Gasteiger partial charge in [-0.15, -0.1) is 0 Å². The van der Waals surface area contributed by atoms with Gasteiger partial charge in [0.2, 0.25) is 4.87 Å². The molecule has 0 heterocycles. The van der Waals surface area contributed by atoms with Gasteiger partial charge in [-0.05, 0) is 30.7 Å². The molecule has 1 aromatic rings. The Morgan fingerprint density at radius 2 is 1.86 bits per heavy atom. The molecule has 2 atom stereocenters. The minimum absolute atomic E-state index is 0.176. The van der Waals surface area contributed by atoms with Crippen molar-refractivity contribution in [1.82, 2.24) is 10.6 Å². The van der Waals surface area contributed by atoms with Crippen molar-refractivity contribution in [1.29, 1.82) is 5.26 Å². The highest BCUT2D eigenvalue weighted by Crippen LogP contribution is 2.43. The Hall–Kier alpha value is -2.12. The van der Waals surface area contributed by atoms with Gasteiger partial charge in [-0.1, -0.05) is 43.2 Å². The number of amides is 1. The number of carbonyl (C=O) groups excluding carboxylic acids is 1. The first kappa shape index (κ1) is 21.6. The summed E-state index contributed by atoms with van der Waals surface area (Å²) in [6, 6.07) is 6.37. The molecular formula is C19H22F3N3O3S. The summed E-state index contributed by atoms with van der Waals surface area (Å²) in [7, 11) is -4.33. The summed E-state index contributed by atoms with van der Waals surface area (Å²) in [5.74, 6) is -1.28. The van der Waals surface area contributed by atoms with Crippen LogP contribution in [-0.2, 0) is 14.6 Å². The fourth-order valence-corrected chi connectivity index (χ4v) is 4.57. The van der Waals surface area contributed by atoms with Crippen molar-refractivity contribution < 1.29 is 26.4 Å². The summed E-state index contributed by atoms with van der Waals surface area (Å²) in [5.41, 5.74) is -1.41. The van der Waals surface area contributed by atoms with E-state index in [1.807, 2.05) is 6.07 Å². The standard InChI is InChI=1S/C19H22F3N3O3S/c1-29(27,28)18(11-13-7-8-13,16(26)25-17(12-23)9-10-17)24-15(19(20,21)22)14-5-3-2-4-6-14/h2-6,13,15,24H,7-11H2,1H3,(H,25,26)/t15-,18+/m0/s1. The third kappa shape index (κ3) is 4.56. The average molecular weight is 429 g/mol. The summed E-state index contributed by atoms with van der Waals surface area (Å²) >= 11 is 0. The molecule has 6 nitrogen and oxygen atoms in total. The van der Waals surface area contributed by atoms with Crippen LogP contribution in [-0.4, -0.2) is 37.2 Å². The first-order chi connectivity index (χ1) is 13.4. The molecule has 0 aromatic heterocycles. The zero-order valence-corrected chi connectivity index (χ0v) is 16.6. The Morgan fingerprint density at radius 1 is 1.28 bits per heavy atom. The van der Waals surface area contributed by atoms with Crippen molar-refractivity contribution >= 4 is 15.7 Å². The zero-order chi connectivity index (χ0) is 21.5. The minimum Gasteiger partial charge on any atom is -0.335 e. The average Bonchev–Trinajstić information content (AvgIpc) is 3.54. The fourth-order valence-electron chi connectivity index (χ4n) is 3.31. The normalized spacial score (nSPS) is 21.5. The van der Waals surface area contributed by atoms with Crippen molar-refractivity contribution in [3.05, 3.63) is 35.9 Å². The lowest BCUT2D eigenvalue weighted by Crippen LogP contribution is -2.65. The van der Waals surface area contributed by atoms with Crippen LogP contribution in [0.1, 0.15) is 43.7 Å². The van der Waals surface area contributed by atoms with E-state index >= 15 is 0 Å². The summed E-state index contributed by atoms with van der Waals surface area (Å²) < 4.78 is 67.3. The third-order valence-corrected chi connectivity index (χ3v) is 7.16. The molecule has 0 unspecified atom stereocenters. The lowest BCUT2D eigenvalue weighted by molar-refractivity contribution is -0.162. The number of hydrogen-bond donors (Lipinski definition) is 2. The van der Waals surface area contributed by atoms with Crippen LogP contribution in [0.25, 0.3) is 0 Å². The van der Waals surface area contributed by atoms with Gasteiger partial charge < -0.3 is 5.32 Å². The summed E-state index contributed by atoms with van der Waals surface area (Å²) in [5, 5.41) is 13.8. The Kier molecular flexibility index (Phi) is 5.43. The minimum atomic E-state index is -4.84. The molecule has 0 aliphatic heterocycles. The van der Waals surface area contributed by atoms with Crippen molar-refractivity contribution in [2.24, 2.45) is 5.92 Å². The van der Waals surface area contributed by atoms with Crippen LogP contribution in [0.3, 0.4) is 0 Å². The lowest BCUT2D eigenvalue weighted by atomic mass is 10.0. The van der Waals surface area contributed by atoms with Gasteiger partial charge in [-0.25, -0.2) is 8.42 Å². The summed E-state index contributed by atoms with van der Waals surface area (Å²) in [4.78, 5) is 10.6. The molecule has 29 heavy (non-hydrogen) atoms. The van der Waals surface area contributed by atoms with Gasteiger partial charge in [0, 0.05) is 6.26 Å². The van der Waals surface area contributed by atoms with Gasteiger partial charge in [0.05, 0.1) is 6.07 Å². The number of nitriles is 1. The second kappa shape index (κ2) is 7.29. The van der Waals surface area contributed by atoms with E-state index < -0.39 is 38.4 Å². The van der Waals surface area contributed by atoms with Crippen LogP contribution in [0, 0.1) is 17.2 Å². The Balaban J connectivity index is 2.05. The number of sulfone groups is 1. The molecule has 0 bridgehead atoms. The molecule has 2 fully saturated rings. The number of alkyl halides is 3. The van der Waals surface area contributed by atoms with Gasteiger partial charge in [-0.2, -0.15) is 18.4 Å². The Labute approximate surface area is 167 Å². The highest BCUT2D eigenvalue weighted by molar-refractivity contribution is 7.92. The molecule has 2 aliphatic carbocycles. The van der Waals surface area contributed by atoms with Gasteiger partial charge >= 0.3 is 6.18 Å². The molecule has 158 valence electrons. The second-order valence-electron chi connectivity index (χ2n) is 7.92. The van der Waals surface area contributed by atoms with Crippen LogP contribution < -0.4 is 10.6 Å². The van der Waals surface area contributed by atoms with E-state index in [1.165, 1.54) is 24.3 Å². The maximum Gasteiger partial charge on any atom is 0.407 e. The zero-order valence-electron chi connectivity index (χ0n) is 15.8. The van der Waals surface area contributed by atoms with Gasteiger partial charge in [0.15, 0.2) is 9.84 Å². The smallest absolute Gasteiger partial charge is 0.335 e. The highest BCUT2D eigenvalue weighted by Gasteiger charge is 2.58. The quantitative estimate of drug-likeness (QED) is 0.662. The van der Waals surface area contributed by atoms with E-state index in [0.29, 0.717) is 25.7 Å². The van der Waals surface area contributed by atoms with E-state index in [4.69, 9.17) is 0 Å². The van der Waals surface area contributed by atoms with Gasteiger partial charge in [0.1, 0.15) is 11.6 Å². The first-order valence-corrected chi connectivity index (χ1v) is 11.1. The maximum absolute atomic E-state index is 13.9. The molecule has 3 rings (SSSR count). The highest BCUT2D eigenvalue weighted by atomic mass is 32.2. The maximum atomic E-state index is 13.9. The SMILES string of the molecule is CS(=O)(=O)[C@@](CC1CC1)(N[C@@H](c1ccccc1)C(F)(F)F)C(=O)NC1(C#N)CC1. The van der Waals surface area contributed by atoms with Crippen LogP contribution in [0.2, 0.25) is 0 Å². The van der Waals surface area contributed by atoms with Crippen molar-refractivity contribution in [2.45, 2.75) is 54.7 Å². The summed E-state index contributed by atoms with van der Waals surface area (Å²) in [6.07, 6.45) is -2.42. The largest absolute Gasteiger partial charge is 0.407 e. The predicted molar refractivity (Wildman–Crippen MR) is 99.0 cm³/mol. The second-order valence-corrected chi connectivity index (χ2v) is 10.2. The first-order valence-electron chi connectivity index (χ1n) is 9.25. The molecule has 10 heteroatoms. The van der Waals surface area contributed by atoms with E-state index in [0.717, 1.165) is 6.26 Å². The number of hydrogen-bond acceptors (Lipinski definition) is 5. The van der Waals surface area contributed by atoms with Crippen LogP contribution >= 0.6 is 0 Å². The number of benzene rings is 1. The number of nitrogens with one attached hydrogen (secondary N) is 2. The fraction of sp³-hybridized carbons (Fsp3) is 0.579. The molecule has 2 aliphatic rings. The molecule has 2 N–H and O–H groups in total. The number of carbonyl (C=O) groups is 1. The molecule has 0 saturated heterocycles. The Morgan fingerprint density at radius 3 is 2.28 bits per heavy atom. The van der Waals surface area contributed by atoms with Crippen LogP contribution in [0.15, 0.2) is 30.3 Å². The molecular weight excluding hydrogens is 407 g/mol. The molecule has 0 radical (unpaired) electrons. The van der Waals surface area contributed by atoms with Crippen molar-refractivity contribution in [3.63, 3.8) is 0 Å². The monoisotopic (exact) mass is 429 g/mol. The Bertz CT molecular complexity index is 920. The number of nitrogens with zero attached hydrogens (tertiary/aromatic N) is 1.